The molecule has 5 heterocycles. The van der Waals surface area contributed by atoms with Crippen LogP contribution in [0.4, 0.5) is 0 Å². The van der Waals surface area contributed by atoms with Gasteiger partial charge in [-0.2, -0.15) is 0 Å². The molecule has 0 radical (unpaired) electrons. The number of fused-ring (bicyclic) bond motifs is 1. The molecule has 6 aromatic rings. The molecule has 1 unspecified atom stereocenters. The lowest BCUT2D eigenvalue weighted by molar-refractivity contribution is -0.388. The van der Waals surface area contributed by atoms with Gasteiger partial charge in [-0.05, 0) is 116 Å². The number of benzene rings is 6. The Morgan fingerprint density at radius 2 is 0.721 bits per heavy atom. The third-order valence-electron chi connectivity index (χ3n) is 20.8. The number of nitrogens with zero attached hydrogens (tertiary/aromatic N) is 1. The zero-order chi connectivity index (χ0) is 87.6. The van der Waals surface area contributed by atoms with Gasteiger partial charge < -0.3 is 105 Å². The first-order valence-corrected chi connectivity index (χ1v) is 40.9. The number of amides is 2. The van der Waals surface area contributed by atoms with E-state index in [9.17, 15) is 48.9 Å². The summed E-state index contributed by atoms with van der Waals surface area (Å²) in [5, 5.41) is 39.5. The molecule has 5 aliphatic rings. The number of carbonyl (C=O) groups is 9. The Kier molecular flexibility index (Phi) is 32.7. The molecule has 3 N–H and O–H groups in total. The first-order chi connectivity index (χ1) is 58.2. The Hall–Kier alpha value is -9.45. The maximum atomic E-state index is 15.8. The quantitative estimate of drug-likeness (QED) is 0.0186. The van der Waals surface area contributed by atoms with Gasteiger partial charge in [0.05, 0.1) is 79.9 Å². The highest BCUT2D eigenvalue weighted by atomic mass is 16.8. The second kappa shape index (κ2) is 42.8. The molecular weight excluding hydrogens is 1580 g/mol. The summed E-state index contributed by atoms with van der Waals surface area (Å²) >= 11 is 0. The first-order valence-electron chi connectivity index (χ1n) is 40.9. The summed E-state index contributed by atoms with van der Waals surface area (Å²) in [5.74, 6) is -6.49. The Bertz CT molecular complexity index is 4410. The van der Waals surface area contributed by atoms with Crippen molar-refractivity contribution in [2.24, 2.45) is 16.2 Å². The van der Waals surface area contributed by atoms with Crippen molar-refractivity contribution in [2.45, 2.75) is 258 Å². The molecule has 4 fully saturated rings. The molecule has 30 nitrogen and oxygen atoms in total. The van der Waals surface area contributed by atoms with Gasteiger partial charge in [0.15, 0.2) is 37.4 Å². The Morgan fingerprint density at radius 1 is 0.336 bits per heavy atom. The molecule has 0 bridgehead atoms. The zero-order valence-corrected chi connectivity index (χ0v) is 70.4. The molecule has 6 aromatic carbocycles. The van der Waals surface area contributed by atoms with Crippen molar-refractivity contribution in [1.82, 2.24) is 4.90 Å². The molecule has 5 aliphatic heterocycles. The van der Waals surface area contributed by atoms with E-state index in [4.69, 9.17) is 80.5 Å². The van der Waals surface area contributed by atoms with Gasteiger partial charge in [0, 0.05) is 12.8 Å². The van der Waals surface area contributed by atoms with Crippen molar-refractivity contribution in [3.8, 4) is 0 Å². The fourth-order valence-electron chi connectivity index (χ4n) is 14.1. The number of imide groups is 1. The number of carbonyl (C=O) groups excluding carboxylic acids is 9. The third-order valence-corrected chi connectivity index (χ3v) is 20.8. The van der Waals surface area contributed by atoms with E-state index >= 15 is 9.59 Å². The Balaban J connectivity index is 1.07. The minimum Gasteiger partial charge on any atom is -0.463 e. The largest absolute Gasteiger partial charge is 0.463 e. The number of aliphatic hydroxyl groups is 3. The lowest BCUT2D eigenvalue weighted by Gasteiger charge is -2.52. The summed E-state index contributed by atoms with van der Waals surface area (Å²) in [7, 11) is 0. The van der Waals surface area contributed by atoms with Crippen molar-refractivity contribution < 1.29 is 139 Å². The van der Waals surface area contributed by atoms with Crippen LogP contribution in [0, 0.1) is 16.2 Å². The minimum atomic E-state index is -2.30. The molecule has 658 valence electrons. The van der Waals surface area contributed by atoms with Gasteiger partial charge in [0.1, 0.15) is 117 Å². The number of esters is 5. The molecule has 0 saturated carbocycles. The number of Topliss-reactive ketones (excluding diaryl/α,β-unsaturated/α-hetero) is 2. The van der Waals surface area contributed by atoms with Crippen LogP contribution >= 0.6 is 0 Å². The summed E-state index contributed by atoms with van der Waals surface area (Å²) in [6.07, 6.45) is -35.7. The molecule has 4 saturated heterocycles. The van der Waals surface area contributed by atoms with E-state index in [0.29, 0.717) is 27.8 Å². The summed E-state index contributed by atoms with van der Waals surface area (Å²) < 4.78 is 113. The first kappa shape index (κ1) is 93.3. The number of aliphatic hydroxyl groups excluding tert-OH is 3. The van der Waals surface area contributed by atoms with Crippen LogP contribution in [-0.2, 0) is 147 Å². The normalized spacial score (nSPS) is 27.4. The van der Waals surface area contributed by atoms with Gasteiger partial charge in [0.2, 0.25) is 0 Å². The van der Waals surface area contributed by atoms with Crippen molar-refractivity contribution in [2.75, 3.05) is 26.4 Å². The third kappa shape index (κ3) is 25.0. The molecular formula is C92H111NO29. The highest BCUT2D eigenvalue weighted by Crippen LogP contribution is 2.43. The molecule has 30 heteroatoms. The smallest absolute Gasteiger partial charge is 0.311 e. The van der Waals surface area contributed by atoms with Crippen molar-refractivity contribution in [1.29, 1.82) is 0 Å². The monoisotopic (exact) mass is 1690 g/mol. The van der Waals surface area contributed by atoms with E-state index in [1.54, 1.807) is 220 Å². The lowest BCUT2D eigenvalue weighted by Crippen LogP contribution is -2.71. The van der Waals surface area contributed by atoms with E-state index in [1.807, 2.05) is 6.07 Å². The molecule has 122 heavy (non-hydrogen) atoms. The van der Waals surface area contributed by atoms with E-state index in [0.717, 1.165) is 4.90 Å². The second-order valence-corrected chi connectivity index (χ2v) is 33.9. The highest BCUT2D eigenvalue weighted by molar-refractivity contribution is 6.21. The van der Waals surface area contributed by atoms with Gasteiger partial charge >= 0.3 is 29.8 Å². The zero-order valence-electron chi connectivity index (χ0n) is 70.4. The standard InChI is InChI=1S/C92H111NO29/c1-54(94)41-43-67(96)107-52-66-74(108-46-57-31-19-13-20-32-57)79(118-68(97)44-42-55(2)95)80(110-48-59-35-23-15-24-36-59)86(117-66)120-75-64(50-106-45-56-29-17-12-18-30-56)115-83(69(76(75)109-47-58-33-21-14-22-34-58)93-81(101)61-39-27-28-40-62(61)82(93)102)121-77-70(98)63(51-112-87(103)90(3,4)5)114-84(72(77)100)119-73-65(53-113-88(104)91(6,7)8)116-85(111-49-60-37-25-16-26-38-60)78(71(73)99)122-89(105)92(9,10)11/h12-40,63-66,69-80,83-86,98-100H,41-53H2,1-11H3/t63-,64-,65-,66-,69?,70+,71+,72-,73-,74+,75-,76-,77+,78-,79+,80-,83+,84+,85-,86+/m1/s1. The van der Waals surface area contributed by atoms with Crippen LogP contribution in [-0.4, -0.2) is 223 Å². The number of rotatable bonds is 37. The van der Waals surface area contributed by atoms with Crippen LogP contribution in [0.15, 0.2) is 176 Å². The molecule has 2 amide bonds. The van der Waals surface area contributed by atoms with Gasteiger partial charge in [-0.15, -0.1) is 0 Å². The number of hydrogen-bond donors (Lipinski definition) is 3. The van der Waals surface area contributed by atoms with Crippen molar-refractivity contribution >= 4 is 53.2 Å². The van der Waals surface area contributed by atoms with E-state index < -0.39 is 214 Å². The fourth-order valence-corrected chi connectivity index (χ4v) is 14.1. The molecule has 0 aliphatic carbocycles. The molecule has 11 rings (SSSR count). The Morgan fingerprint density at radius 3 is 1.21 bits per heavy atom. The second-order valence-electron chi connectivity index (χ2n) is 33.9. The SMILES string of the molecule is CC(=O)CCC(=O)OC[C@H]1O[C@@H](O[C@H]2[C@H](OCc3ccccc3)C(N3C(=O)c4ccccc4C3=O)[C@H](O[C@H]3[C@@H](O)[C@@H](COC(=O)C(C)(C)C)O[C@@H](O[C@H]4[C@H](O)[C@@H](OC(=O)C(C)(C)C)[C@H](OCc5ccccc5)O[C@@H]4COC(=O)C(C)(C)C)[C@@H]3O)O[C@@H]2COCc2ccccc2)[C@H](OCc2ccccc2)[C@@H](OC(=O)CCC(C)=O)[C@H]1OCc1ccccc1. The van der Waals surface area contributed by atoms with Gasteiger partial charge in [0.25, 0.3) is 11.8 Å². The number of ketones is 2. The minimum absolute atomic E-state index is 0.0824. The van der Waals surface area contributed by atoms with Crippen LogP contribution in [0.3, 0.4) is 0 Å². The Labute approximate surface area is 709 Å². The van der Waals surface area contributed by atoms with Crippen molar-refractivity contribution in [3.63, 3.8) is 0 Å². The average Bonchev–Trinajstić information content (AvgIpc) is 1.48. The predicted octanol–water partition coefficient (Wildman–Crippen LogP) is 9.31. The number of ether oxygens (including phenoxy) is 17. The summed E-state index contributed by atoms with van der Waals surface area (Å²) in [4.78, 5) is 127. The van der Waals surface area contributed by atoms with Crippen LogP contribution in [0.2, 0.25) is 0 Å². The van der Waals surface area contributed by atoms with Crippen LogP contribution in [0.25, 0.3) is 0 Å². The topological polar surface area (TPSA) is 374 Å². The van der Waals surface area contributed by atoms with Crippen LogP contribution < -0.4 is 0 Å². The van der Waals surface area contributed by atoms with Crippen LogP contribution in [0.5, 0.6) is 0 Å². The van der Waals surface area contributed by atoms with Gasteiger partial charge in [-0.1, -0.05) is 164 Å². The summed E-state index contributed by atoms with van der Waals surface area (Å²) in [5.41, 5.74) is -0.514. The predicted molar refractivity (Wildman–Crippen MR) is 431 cm³/mol. The van der Waals surface area contributed by atoms with Gasteiger partial charge in [-0.25, -0.2) is 0 Å². The van der Waals surface area contributed by atoms with Crippen LogP contribution in [0.1, 0.15) is 150 Å². The maximum absolute atomic E-state index is 15.8. The van der Waals surface area contributed by atoms with E-state index in [2.05, 4.69) is 0 Å². The van der Waals surface area contributed by atoms with Crippen molar-refractivity contribution in [3.05, 3.63) is 215 Å². The molecule has 0 spiro atoms. The fraction of sp³-hybridized carbons (Fsp3) is 0.511. The van der Waals surface area contributed by atoms with E-state index in [-0.39, 0.29) is 75.0 Å². The maximum Gasteiger partial charge on any atom is 0.311 e. The highest BCUT2D eigenvalue weighted by Gasteiger charge is 2.62. The average molecular weight is 1690 g/mol. The summed E-state index contributed by atoms with van der Waals surface area (Å²) in [6.45, 7) is 13.3. The number of hydrogen-bond acceptors (Lipinski definition) is 29. The summed E-state index contributed by atoms with van der Waals surface area (Å²) in [6, 6.07) is 48.4. The lowest BCUT2D eigenvalue weighted by atomic mass is 9.92. The molecule has 20 atom stereocenters. The van der Waals surface area contributed by atoms with E-state index in [1.165, 1.54) is 26.0 Å². The molecule has 0 aromatic heterocycles. The van der Waals surface area contributed by atoms with Gasteiger partial charge in [-0.3, -0.25) is 38.5 Å².